The maximum Gasteiger partial charge on any atom is 0.274 e. The Morgan fingerprint density at radius 3 is 3.00 bits per heavy atom. The molecule has 1 aromatic heterocycles. The number of hydrogen-bond donors (Lipinski definition) is 0. The van der Waals surface area contributed by atoms with Gasteiger partial charge in [0.25, 0.3) is 11.5 Å². The summed E-state index contributed by atoms with van der Waals surface area (Å²) >= 11 is 0. The average molecular weight is 219 g/mol. The third-order valence-electron chi connectivity index (χ3n) is 3.01. The summed E-state index contributed by atoms with van der Waals surface area (Å²) in [5, 5.41) is 22.5. The lowest BCUT2D eigenvalue weighted by molar-refractivity contribution is -0.586. The monoisotopic (exact) mass is 219 g/mol. The quantitative estimate of drug-likeness (QED) is 0.312. The molecule has 0 spiro atoms. The van der Waals surface area contributed by atoms with Crippen LogP contribution in [0, 0.1) is 15.3 Å². The van der Waals surface area contributed by atoms with Crippen LogP contribution >= 0.6 is 0 Å². The largest absolute Gasteiger partial charge is 0.710 e. The Bertz CT molecular complexity index is 603. The van der Waals surface area contributed by atoms with Crippen LogP contribution in [0.15, 0.2) is 18.2 Å². The molecule has 0 saturated carbocycles. The maximum absolute atomic E-state index is 11.9. The predicted octanol–water partition coefficient (Wildman–Crippen LogP) is 1.13. The normalized spacial score (nSPS) is 14.2. The highest BCUT2D eigenvalue weighted by atomic mass is 16.6. The minimum atomic E-state index is -0.484. The number of nitro benzene ring substituents is 1. The second-order valence-electron chi connectivity index (χ2n) is 3.90. The van der Waals surface area contributed by atoms with E-state index in [9.17, 15) is 15.3 Å². The third-order valence-corrected chi connectivity index (χ3v) is 3.01. The number of benzene rings is 1. The van der Waals surface area contributed by atoms with Gasteiger partial charge >= 0.3 is 0 Å². The molecule has 1 aliphatic rings. The molecule has 0 unspecified atom stereocenters. The van der Waals surface area contributed by atoms with Crippen molar-refractivity contribution < 1.29 is 9.65 Å². The van der Waals surface area contributed by atoms with Gasteiger partial charge in [-0.05, 0) is 12.5 Å². The second kappa shape index (κ2) is 2.94. The van der Waals surface area contributed by atoms with E-state index in [2.05, 4.69) is 0 Å². The molecule has 6 heteroatoms. The Labute approximate surface area is 90.5 Å². The van der Waals surface area contributed by atoms with Crippen molar-refractivity contribution in [1.82, 2.24) is 4.57 Å². The fourth-order valence-corrected chi connectivity index (χ4v) is 2.29. The first-order chi connectivity index (χ1) is 7.68. The summed E-state index contributed by atoms with van der Waals surface area (Å²) in [6.07, 6.45) is 1.70. The first-order valence-electron chi connectivity index (χ1n) is 5.07. The topological polar surface area (TPSA) is 75.0 Å². The van der Waals surface area contributed by atoms with Crippen molar-refractivity contribution in [2.45, 2.75) is 19.4 Å². The lowest BCUT2D eigenvalue weighted by Crippen LogP contribution is -2.29. The average Bonchev–Trinajstić information content (AvgIpc) is 2.83. The fourth-order valence-electron chi connectivity index (χ4n) is 2.29. The molecule has 1 aromatic carbocycles. The molecule has 0 bridgehead atoms. The number of hydrogen-bond acceptors (Lipinski definition) is 3. The molecule has 0 fully saturated rings. The number of fused-ring (bicyclic) bond motifs is 3. The van der Waals surface area contributed by atoms with Gasteiger partial charge in [-0.3, -0.25) is 10.1 Å². The van der Waals surface area contributed by atoms with Gasteiger partial charge in [-0.25, -0.2) is 9.30 Å². The van der Waals surface area contributed by atoms with Gasteiger partial charge in [-0.1, -0.05) is 0 Å². The smallest absolute Gasteiger partial charge is 0.274 e. The highest BCUT2D eigenvalue weighted by molar-refractivity contribution is 5.75. The predicted molar refractivity (Wildman–Crippen MR) is 55.9 cm³/mol. The van der Waals surface area contributed by atoms with Crippen LogP contribution < -0.4 is 4.73 Å². The van der Waals surface area contributed by atoms with Crippen molar-refractivity contribution in [3.8, 4) is 0 Å². The van der Waals surface area contributed by atoms with Gasteiger partial charge in [0, 0.05) is 6.07 Å². The molecule has 3 rings (SSSR count). The molecule has 0 N–H and O–H groups in total. The standard InChI is InChI=1S/C10H9N3O3/c14-12-9-6-7(13(15)16)3-4-8(9)11-5-1-2-10(11)12/h3-4,6H,1-2,5H2. The zero-order valence-electron chi connectivity index (χ0n) is 8.42. The van der Waals surface area contributed by atoms with E-state index in [-0.39, 0.29) is 5.69 Å². The van der Waals surface area contributed by atoms with E-state index >= 15 is 0 Å². The Kier molecular flexibility index (Phi) is 1.68. The molecule has 0 atom stereocenters. The summed E-state index contributed by atoms with van der Waals surface area (Å²) in [6.45, 7) is 0.818. The van der Waals surface area contributed by atoms with E-state index in [0.29, 0.717) is 11.3 Å². The van der Waals surface area contributed by atoms with Crippen LogP contribution in [-0.4, -0.2) is 9.49 Å². The molecule has 0 amide bonds. The Morgan fingerprint density at radius 2 is 2.25 bits per heavy atom. The van der Waals surface area contributed by atoms with Crippen LogP contribution in [0.2, 0.25) is 0 Å². The van der Waals surface area contributed by atoms with Crippen molar-refractivity contribution in [1.29, 1.82) is 0 Å². The number of nitrogens with zero attached hydrogens (tertiary/aromatic N) is 3. The Morgan fingerprint density at radius 1 is 1.44 bits per heavy atom. The SMILES string of the molecule is O=[N+]([O-])c1ccc2c(c1)[n+]([O-])c1n2CCC1. The van der Waals surface area contributed by atoms with E-state index in [0.717, 1.165) is 29.6 Å². The summed E-state index contributed by atoms with van der Waals surface area (Å²) in [6, 6.07) is 4.43. The molecule has 2 heterocycles. The van der Waals surface area contributed by atoms with Crippen molar-refractivity contribution in [3.05, 3.63) is 39.3 Å². The zero-order chi connectivity index (χ0) is 11.3. The molecule has 0 saturated heterocycles. The highest BCUT2D eigenvalue weighted by Gasteiger charge is 2.27. The van der Waals surface area contributed by atoms with E-state index in [1.165, 1.54) is 12.1 Å². The van der Waals surface area contributed by atoms with E-state index in [1.54, 1.807) is 6.07 Å². The molecular formula is C10H9N3O3. The third kappa shape index (κ3) is 1.04. The number of non-ortho nitro benzene ring substituents is 1. The van der Waals surface area contributed by atoms with Crippen molar-refractivity contribution >= 4 is 16.7 Å². The van der Waals surface area contributed by atoms with Gasteiger partial charge < -0.3 is 5.21 Å². The first kappa shape index (κ1) is 9.14. The summed E-state index contributed by atoms with van der Waals surface area (Å²) in [5.74, 6) is 0.704. The molecule has 0 radical (unpaired) electrons. The zero-order valence-corrected chi connectivity index (χ0v) is 8.42. The van der Waals surface area contributed by atoms with Crippen LogP contribution in [0.3, 0.4) is 0 Å². The Hall–Kier alpha value is -2.11. The van der Waals surface area contributed by atoms with Gasteiger partial charge in [0.15, 0.2) is 11.0 Å². The lowest BCUT2D eigenvalue weighted by Gasteiger charge is -1.99. The van der Waals surface area contributed by atoms with E-state index in [1.807, 2.05) is 4.57 Å². The number of aromatic nitrogens is 2. The van der Waals surface area contributed by atoms with Crippen LogP contribution in [-0.2, 0) is 13.0 Å². The minimum Gasteiger partial charge on any atom is -0.710 e. The van der Waals surface area contributed by atoms with Crippen LogP contribution in [0.25, 0.3) is 11.0 Å². The molecule has 6 nitrogen and oxygen atoms in total. The van der Waals surface area contributed by atoms with E-state index in [4.69, 9.17) is 0 Å². The second-order valence-corrected chi connectivity index (χ2v) is 3.90. The number of imidazole rings is 1. The van der Waals surface area contributed by atoms with Gasteiger partial charge in [0.2, 0.25) is 0 Å². The van der Waals surface area contributed by atoms with Crippen LogP contribution in [0.1, 0.15) is 12.2 Å². The van der Waals surface area contributed by atoms with E-state index < -0.39 is 4.92 Å². The summed E-state index contributed by atoms with van der Waals surface area (Å²) < 4.78 is 2.75. The van der Waals surface area contributed by atoms with Crippen LogP contribution in [0.4, 0.5) is 5.69 Å². The number of nitro groups is 1. The van der Waals surface area contributed by atoms with Crippen molar-refractivity contribution in [2.24, 2.45) is 0 Å². The van der Waals surface area contributed by atoms with Gasteiger partial charge in [-0.15, -0.1) is 0 Å². The number of aryl methyl sites for hydroxylation is 1. The molecular weight excluding hydrogens is 210 g/mol. The van der Waals surface area contributed by atoms with Crippen LogP contribution in [0.5, 0.6) is 0 Å². The van der Waals surface area contributed by atoms with Crippen molar-refractivity contribution in [2.75, 3.05) is 0 Å². The molecule has 16 heavy (non-hydrogen) atoms. The highest BCUT2D eigenvalue weighted by Crippen LogP contribution is 2.24. The van der Waals surface area contributed by atoms with Crippen molar-refractivity contribution in [3.63, 3.8) is 0 Å². The van der Waals surface area contributed by atoms with Gasteiger partial charge in [0.1, 0.15) is 0 Å². The summed E-state index contributed by atoms with van der Waals surface area (Å²) in [5.41, 5.74) is 1.14. The molecule has 2 aromatic rings. The lowest BCUT2D eigenvalue weighted by atomic mass is 10.2. The first-order valence-corrected chi connectivity index (χ1v) is 5.07. The summed E-state index contributed by atoms with van der Waals surface area (Å²) in [7, 11) is 0. The summed E-state index contributed by atoms with van der Waals surface area (Å²) in [4.78, 5) is 10.1. The number of rotatable bonds is 1. The van der Waals surface area contributed by atoms with Gasteiger partial charge in [-0.2, -0.15) is 0 Å². The maximum atomic E-state index is 11.9. The fraction of sp³-hybridized carbons (Fsp3) is 0.300. The molecule has 0 aliphatic carbocycles. The minimum absolute atomic E-state index is 0.0404. The van der Waals surface area contributed by atoms with Gasteiger partial charge in [0.05, 0.1) is 24.0 Å². The molecule has 1 aliphatic heterocycles. The Balaban J connectivity index is 2.33. The molecule has 82 valence electrons.